The molecule has 2 heteroatoms. The van der Waals surface area contributed by atoms with Gasteiger partial charge in [0, 0.05) is 24.5 Å². The molecule has 0 fully saturated rings. The van der Waals surface area contributed by atoms with Gasteiger partial charge >= 0.3 is 0 Å². The smallest absolute Gasteiger partial charge is 0.0409 e. The molecule has 0 aliphatic rings. The molecule has 14 heavy (non-hydrogen) atoms. The Balaban J connectivity index is 2.48. The first-order chi connectivity index (χ1) is 6.72. The van der Waals surface area contributed by atoms with Crippen molar-refractivity contribution in [1.82, 2.24) is 4.90 Å². The average molecular weight is 208 g/mol. The van der Waals surface area contributed by atoms with Crippen molar-refractivity contribution < 1.29 is 0 Å². The summed E-state index contributed by atoms with van der Waals surface area (Å²) < 4.78 is 0. The van der Waals surface area contributed by atoms with Crippen LogP contribution in [0.2, 0.25) is 5.02 Å². The molecule has 0 aliphatic carbocycles. The van der Waals surface area contributed by atoms with E-state index in [0.717, 1.165) is 24.5 Å². The summed E-state index contributed by atoms with van der Waals surface area (Å²) in [5.41, 5.74) is 1.22. The van der Waals surface area contributed by atoms with E-state index in [1.165, 1.54) is 5.56 Å². The maximum absolute atomic E-state index is 5.88. The van der Waals surface area contributed by atoms with Crippen molar-refractivity contribution in [3.8, 4) is 12.3 Å². The first-order valence-corrected chi connectivity index (χ1v) is 4.96. The van der Waals surface area contributed by atoms with Crippen LogP contribution in [0.25, 0.3) is 0 Å². The van der Waals surface area contributed by atoms with E-state index < -0.39 is 0 Å². The van der Waals surface area contributed by atoms with Crippen molar-refractivity contribution in [1.29, 1.82) is 0 Å². The average Bonchev–Trinajstić information content (AvgIpc) is 2.15. The third-order valence-electron chi connectivity index (χ3n) is 1.98. The quantitative estimate of drug-likeness (QED) is 0.687. The second kappa shape index (κ2) is 5.70. The molecule has 1 nitrogen and oxygen atoms in total. The molecule has 0 aliphatic heterocycles. The van der Waals surface area contributed by atoms with E-state index in [0.29, 0.717) is 0 Å². The Labute approximate surface area is 90.7 Å². The molecule has 1 aromatic rings. The lowest BCUT2D eigenvalue weighted by Crippen LogP contribution is -2.18. The lowest BCUT2D eigenvalue weighted by molar-refractivity contribution is 0.335. The highest BCUT2D eigenvalue weighted by Crippen LogP contribution is 2.11. The van der Waals surface area contributed by atoms with Crippen LogP contribution in [0.5, 0.6) is 0 Å². The van der Waals surface area contributed by atoms with Gasteiger partial charge in [0.2, 0.25) is 0 Å². The van der Waals surface area contributed by atoms with Crippen molar-refractivity contribution in [3.05, 3.63) is 34.9 Å². The SMILES string of the molecule is C#CCCN(C)Cc1cccc(Cl)c1. The topological polar surface area (TPSA) is 3.24 Å². The van der Waals surface area contributed by atoms with Crippen molar-refractivity contribution in [3.63, 3.8) is 0 Å². The monoisotopic (exact) mass is 207 g/mol. The Kier molecular flexibility index (Phi) is 4.52. The molecule has 74 valence electrons. The molecule has 0 saturated carbocycles. The van der Waals surface area contributed by atoms with Gasteiger partial charge in [-0.3, -0.25) is 0 Å². The third kappa shape index (κ3) is 3.83. The lowest BCUT2D eigenvalue weighted by atomic mass is 10.2. The second-order valence-corrected chi connectivity index (χ2v) is 3.76. The number of nitrogens with zero attached hydrogens (tertiary/aromatic N) is 1. The number of halogens is 1. The van der Waals surface area contributed by atoms with E-state index in [2.05, 4.69) is 23.9 Å². The Hall–Kier alpha value is -0.970. The van der Waals surface area contributed by atoms with Gasteiger partial charge < -0.3 is 4.90 Å². The lowest BCUT2D eigenvalue weighted by Gasteiger charge is -2.14. The van der Waals surface area contributed by atoms with Crippen molar-refractivity contribution in [2.75, 3.05) is 13.6 Å². The number of hydrogen-bond acceptors (Lipinski definition) is 1. The zero-order valence-electron chi connectivity index (χ0n) is 8.33. The predicted octanol–water partition coefficient (Wildman–Crippen LogP) is 2.80. The van der Waals surface area contributed by atoms with E-state index in [4.69, 9.17) is 18.0 Å². The summed E-state index contributed by atoms with van der Waals surface area (Å²) in [6, 6.07) is 7.89. The van der Waals surface area contributed by atoms with Gasteiger partial charge in [0.15, 0.2) is 0 Å². The van der Waals surface area contributed by atoms with Crippen LogP contribution in [0.15, 0.2) is 24.3 Å². The van der Waals surface area contributed by atoms with Crippen LogP contribution >= 0.6 is 11.6 Å². The van der Waals surface area contributed by atoms with Crippen molar-refractivity contribution >= 4 is 11.6 Å². The van der Waals surface area contributed by atoms with Gasteiger partial charge in [-0.25, -0.2) is 0 Å². The standard InChI is InChI=1S/C12H14ClN/c1-3-4-8-14(2)10-11-6-5-7-12(13)9-11/h1,5-7,9H,4,8,10H2,2H3. The van der Waals surface area contributed by atoms with Gasteiger partial charge in [-0.15, -0.1) is 12.3 Å². The highest BCUT2D eigenvalue weighted by Gasteiger charge is 1.99. The summed E-state index contributed by atoms with van der Waals surface area (Å²) in [5.74, 6) is 2.63. The van der Waals surface area contributed by atoms with E-state index in [-0.39, 0.29) is 0 Å². The van der Waals surface area contributed by atoms with E-state index in [1.807, 2.05) is 18.2 Å². The van der Waals surface area contributed by atoms with Crippen LogP contribution in [0.1, 0.15) is 12.0 Å². The number of benzene rings is 1. The van der Waals surface area contributed by atoms with E-state index >= 15 is 0 Å². The highest BCUT2D eigenvalue weighted by molar-refractivity contribution is 6.30. The minimum atomic E-state index is 0.785. The number of rotatable bonds is 4. The van der Waals surface area contributed by atoms with Gasteiger partial charge in [-0.1, -0.05) is 23.7 Å². The molecule has 0 radical (unpaired) electrons. The maximum atomic E-state index is 5.88. The zero-order chi connectivity index (χ0) is 10.4. The molecule has 0 atom stereocenters. The van der Waals surface area contributed by atoms with E-state index in [1.54, 1.807) is 0 Å². The van der Waals surface area contributed by atoms with Gasteiger partial charge in [-0.05, 0) is 24.7 Å². The fourth-order valence-corrected chi connectivity index (χ4v) is 1.49. The summed E-state index contributed by atoms with van der Waals surface area (Å²) in [6.07, 6.45) is 5.99. The maximum Gasteiger partial charge on any atom is 0.0409 e. The largest absolute Gasteiger partial charge is 0.301 e. The normalized spacial score (nSPS) is 10.1. The van der Waals surface area contributed by atoms with Crippen LogP contribution in [0.3, 0.4) is 0 Å². The third-order valence-corrected chi connectivity index (χ3v) is 2.21. The predicted molar refractivity (Wildman–Crippen MR) is 61.2 cm³/mol. The molecule has 0 amide bonds. The second-order valence-electron chi connectivity index (χ2n) is 3.32. The molecular weight excluding hydrogens is 194 g/mol. The molecule has 0 spiro atoms. The summed E-state index contributed by atoms with van der Waals surface area (Å²) in [5, 5.41) is 0.785. The molecule has 1 aromatic carbocycles. The van der Waals surface area contributed by atoms with Crippen molar-refractivity contribution in [2.24, 2.45) is 0 Å². The summed E-state index contributed by atoms with van der Waals surface area (Å²) >= 11 is 5.88. The summed E-state index contributed by atoms with van der Waals surface area (Å²) in [7, 11) is 2.05. The minimum absolute atomic E-state index is 0.785. The van der Waals surface area contributed by atoms with Crippen LogP contribution in [0.4, 0.5) is 0 Å². The van der Waals surface area contributed by atoms with Gasteiger partial charge in [0.1, 0.15) is 0 Å². The fraction of sp³-hybridized carbons (Fsp3) is 0.333. The number of terminal acetylenes is 1. The molecule has 0 bridgehead atoms. The van der Waals surface area contributed by atoms with Crippen LogP contribution in [-0.2, 0) is 6.54 Å². The minimum Gasteiger partial charge on any atom is -0.301 e. The van der Waals surface area contributed by atoms with Gasteiger partial charge in [0.05, 0.1) is 0 Å². The Morgan fingerprint density at radius 3 is 2.93 bits per heavy atom. The highest BCUT2D eigenvalue weighted by atomic mass is 35.5. The molecular formula is C12H14ClN. The Morgan fingerprint density at radius 1 is 1.50 bits per heavy atom. The molecule has 0 heterocycles. The Morgan fingerprint density at radius 2 is 2.29 bits per heavy atom. The molecule has 0 saturated heterocycles. The fourth-order valence-electron chi connectivity index (χ4n) is 1.28. The van der Waals surface area contributed by atoms with Gasteiger partial charge in [-0.2, -0.15) is 0 Å². The zero-order valence-corrected chi connectivity index (χ0v) is 9.09. The summed E-state index contributed by atoms with van der Waals surface area (Å²) in [4.78, 5) is 2.19. The van der Waals surface area contributed by atoms with Crippen molar-refractivity contribution in [2.45, 2.75) is 13.0 Å². The van der Waals surface area contributed by atoms with Crippen LogP contribution < -0.4 is 0 Å². The van der Waals surface area contributed by atoms with Gasteiger partial charge in [0.25, 0.3) is 0 Å². The first kappa shape index (κ1) is 11.1. The first-order valence-electron chi connectivity index (χ1n) is 4.59. The van der Waals surface area contributed by atoms with Crippen LogP contribution in [-0.4, -0.2) is 18.5 Å². The summed E-state index contributed by atoms with van der Waals surface area (Å²) in [6.45, 7) is 1.81. The molecule has 0 unspecified atom stereocenters. The molecule has 0 aromatic heterocycles. The van der Waals surface area contributed by atoms with Crippen LogP contribution in [0, 0.1) is 12.3 Å². The van der Waals surface area contributed by atoms with E-state index in [9.17, 15) is 0 Å². The Bertz CT molecular complexity index is 327. The molecule has 1 rings (SSSR count). The number of hydrogen-bond donors (Lipinski definition) is 0. The molecule has 0 N–H and O–H groups in total.